The van der Waals surface area contributed by atoms with Gasteiger partial charge in [-0.05, 0) is 29.8 Å². The van der Waals surface area contributed by atoms with E-state index in [0.717, 1.165) is 0 Å². The summed E-state index contributed by atoms with van der Waals surface area (Å²) in [5, 5.41) is 13.2. The molecule has 0 aliphatic heterocycles. The first kappa shape index (κ1) is 18.4. The molecule has 1 heterocycles. The lowest BCUT2D eigenvalue weighted by Crippen LogP contribution is -2.36. The number of aliphatic carboxylic acids is 1. The fourth-order valence-electron chi connectivity index (χ4n) is 3.53. The van der Waals surface area contributed by atoms with Crippen LogP contribution in [0.5, 0.6) is 0 Å². The smallest absolute Gasteiger partial charge is 0.330 e. The largest absolute Gasteiger partial charge is 0.479 e. The highest BCUT2D eigenvalue weighted by molar-refractivity contribution is 5.95. The normalized spacial score (nSPS) is 12.0. The number of amides is 1. The predicted molar refractivity (Wildman–Crippen MR) is 111 cm³/mol. The second kappa shape index (κ2) is 7.59. The highest BCUT2D eigenvalue weighted by Crippen LogP contribution is 2.19. The molecular formula is C23H18N2O4. The summed E-state index contributed by atoms with van der Waals surface area (Å²) in [5.74, 6) is -1.60. The second-order valence-electron chi connectivity index (χ2n) is 6.70. The van der Waals surface area contributed by atoms with E-state index in [1.165, 1.54) is 0 Å². The number of carboxylic acids is 1. The number of nitrogens with zero attached hydrogens (tertiary/aromatic N) is 1. The summed E-state index contributed by atoms with van der Waals surface area (Å²) in [5.41, 5.74) is 1.64. The molecule has 0 saturated carbocycles. The van der Waals surface area contributed by atoms with Gasteiger partial charge in [-0.1, -0.05) is 54.6 Å². The van der Waals surface area contributed by atoms with E-state index in [4.69, 9.17) is 0 Å². The van der Waals surface area contributed by atoms with Crippen molar-refractivity contribution in [1.29, 1.82) is 0 Å². The summed E-state index contributed by atoms with van der Waals surface area (Å²) in [6.45, 7) is -0.113. The topological polar surface area (TPSA) is 88.4 Å². The predicted octanol–water partition coefficient (Wildman–Crippen LogP) is 3.10. The zero-order valence-corrected chi connectivity index (χ0v) is 15.4. The highest BCUT2D eigenvalue weighted by Gasteiger charge is 2.22. The van der Waals surface area contributed by atoms with Crippen molar-refractivity contribution in [2.75, 3.05) is 0 Å². The number of carbonyl (C=O) groups is 2. The minimum Gasteiger partial charge on any atom is -0.479 e. The maximum atomic E-state index is 12.8. The molecule has 1 aromatic heterocycles. The number of para-hydroxylation sites is 2. The van der Waals surface area contributed by atoms with E-state index in [2.05, 4.69) is 5.32 Å². The number of hydrogen-bond acceptors (Lipinski definition) is 3. The van der Waals surface area contributed by atoms with Gasteiger partial charge in [-0.3, -0.25) is 9.59 Å². The van der Waals surface area contributed by atoms with Crippen molar-refractivity contribution < 1.29 is 14.7 Å². The third-order valence-electron chi connectivity index (χ3n) is 4.87. The van der Waals surface area contributed by atoms with Crippen LogP contribution in [-0.2, 0) is 16.1 Å². The number of aromatic nitrogens is 1. The maximum absolute atomic E-state index is 12.8. The number of carbonyl (C=O) groups excluding carboxylic acids is 1. The maximum Gasteiger partial charge on any atom is 0.330 e. The van der Waals surface area contributed by atoms with Gasteiger partial charge in [0.25, 0.3) is 0 Å². The third-order valence-corrected chi connectivity index (χ3v) is 4.87. The van der Waals surface area contributed by atoms with E-state index in [9.17, 15) is 19.5 Å². The molecule has 29 heavy (non-hydrogen) atoms. The molecule has 0 aliphatic carbocycles. The van der Waals surface area contributed by atoms with Crippen molar-refractivity contribution in [3.05, 3.63) is 94.6 Å². The third kappa shape index (κ3) is 3.48. The van der Waals surface area contributed by atoms with E-state index in [1.807, 2.05) is 0 Å². The molecule has 4 aromatic rings. The molecule has 0 aliphatic rings. The molecule has 0 radical (unpaired) electrons. The van der Waals surface area contributed by atoms with Crippen LogP contribution in [0.25, 0.3) is 21.8 Å². The molecule has 2 N–H and O–H groups in total. The van der Waals surface area contributed by atoms with Crippen LogP contribution in [0, 0.1) is 0 Å². The first-order chi connectivity index (χ1) is 14.1. The number of fused-ring (bicyclic) bond motifs is 2. The average molecular weight is 386 g/mol. The van der Waals surface area contributed by atoms with Crippen LogP contribution >= 0.6 is 0 Å². The zero-order chi connectivity index (χ0) is 20.4. The minimum absolute atomic E-state index is 0.0967. The van der Waals surface area contributed by atoms with Gasteiger partial charge in [-0.15, -0.1) is 0 Å². The van der Waals surface area contributed by atoms with Gasteiger partial charge in [-0.2, -0.15) is 0 Å². The van der Waals surface area contributed by atoms with Crippen LogP contribution in [0.3, 0.4) is 0 Å². The summed E-state index contributed by atoms with van der Waals surface area (Å²) in [6.07, 6.45) is 0. The molecule has 0 unspecified atom stereocenters. The number of nitrogens with one attached hydrogen (secondary N) is 1. The number of hydrogen-bond donors (Lipinski definition) is 2. The number of rotatable bonds is 5. The Balaban J connectivity index is 1.75. The van der Waals surface area contributed by atoms with Gasteiger partial charge in [0.1, 0.15) is 6.54 Å². The van der Waals surface area contributed by atoms with Crippen molar-refractivity contribution in [3.8, 4) is 0 Å². The highest BCUT2D eigenvalue weighted by atomic mass is 16.4. The van der Waals surface area contributed by atoms with E-state index in [1.54, 1.807) is 83.4 Å². The molecule has 0 bridgehead atoms. The lowest BCUT2D eigenvalue weighted by atomic mass is 10.1. The summed E-state index contributed by atoms with van der Waals surface area (Å²) in [4.78, 5) is 37.3. The van der Waals surface area contributed by atoms with Crippen molar-refractivity contribution in [2.45, 2.75) is 12.6 Å². The lowest BCUT2D eigenvalue weighted by molar-refractivity contribution is -0.142. The number of carboxylic acid groups (broad SMARTS) is 1. The van der Waals surface area contributed by atoms with Crippen molar-refractivity contribution in [3.63, 3.8) is 0 Å². The van der Waals surface area contributed by atoms with Crippen LogP contribution < -0.4 is 10.7 Å². The SMILES string of the molecule is O=C(Cn1c2ccccc2c(=O)c2ccccc21)N[C@H](C(=O)O)c1ccccc1. The van der Waals surface area contributed by atoms with Crippen LogP contribution in [0.1, 0.15) is 11.6 Å². The second-order valence-corrected chi connectivity index (χ2v) is 6.70. The molecular weight excluding hydrogens is 368 g/mol. The van der Waals surface area contributed by atoms with E-state index >= 15 is 0 Å². The van der Waals surface area contributed by atoms with Gasteiger partial charge in [0.2, 0.25) is 5.91 Å². The van der Waals surface area contributed by atoms with E-state index in [0.29, 0.717) is 27.4 Å². The number of benzene rings is 3. The van der Waals surface area contributed by atoms with Crippen molar-refractivity contribution in [1.82, 2.24) is 9.88 Å². The van der Waals surface area contributed by atoms with E-state index < -0.39 is 17.9 Å². The molecule has 1 atom stereocenters. The zero-order valence-electron chi connectivity index (χ0n) is 15.4. The van der Waals surface area contributed by atoms with Gasteiger partial charge in [0, 0.05) is 10.8 Å². The van der Waals surface area contributed by atoms with Gasteiger partial charge in [0.05, 0.1) is 11.0 Å². The Hall–Kier alpha value is -3.93. The Labute approximate surface area is 166 Å². The van der Waals surface area contributed by atoms with Crippen LogP contribution in [-0.4, -0.2) is 21.6 Å². The number of pyridine rings is 1. The Bertz CT molecular complexity index is 1220. The molecule has 144 valence electrons. The van der Waals surface area contributed by atoms with Gasteiger partial charge < -0.3 is 15.0 Å². The Morgan fingerprint density at radius 1 is 0.828 bits per heavy atom. The van der Waals surface area contributed by atoms with Gasteiger partial charge in [0.15, 0.2) is 11.5 Å². The molecule has 0 fully saturated rings. The average Bonchev–Trinajstić information content (AvgIpc) is 2.75. The summed E-state index contributed by atoms with van der Waals surface area (Å²) >= 11 is 0. The molecule has 6 nitrogen and oxygen atoms in total. The van der Waals surface area contributed by atoms with E-state index in [-0.39, 0.29) is 12.0 Å². The Morgan fingerprint density at radius 2 is 1.34 bits per heavy atom. The summed E-state index contributed by atoms with van der Waals surface area (Å²) in [7, 11) is 0. The molecule has 6 heteroatoms. The minimum atomic E-state index is -1.15. The molecule has 0 spiro atoms. The van der Waals surface area contributed by atoms with Crippen molar-refractivity contribution >= 4 is 33.7 Å². The summed E-state index contributed by atoms with van der Waals surface area (Å²) in [6, 6.07) is 21.5. The monoisotopic (exact) mass is 386 g/mol. The van der Waals surface area contributed by atoms with Gasteiger partial charge >= 0.3 is 5.97 Å². The molecule has 3 aromatic carbocycles. The Kier molecular flexibility index (Phi) is 4.83. The standard InChI is InChI=1S/C23H18N2O4/c26-20(24-21(23(28)29)15-8-2-1-3-9-15)14-25-18-12-6-4-10-16(18)22(27)17-11-5-7-13-19(17)25/h1-13,21H,14H2,(H,24,26)(H,28,29)/t21-/m0/s1. The Morgan fingerprint density at radius 3 is 1.90 bits per heavy atom. The van der Waals surface area contributed by atoms with Gasteiger partial charge in [-0.25, -0.2) is 4.79 Å². The molecule has 4 rings (SSSR count). The van der Waals surface area contributed by atoms with Crippen molar-refractivity contribution in [2.24, 2.45) is 0 Å². The first-order valence-electron chi connectivity index (χ1n) is 9.13. The quantitative estimate of drug-likeness (QED) is 0.516. The van der Waals surface area contributed by atoms with Crippen LogP contribution in [0.15, 0.2) is 83.7 Å². The molecule has 1 amide bonds. The molecule has 0 saturated heterocycles. The summed E-state index contributed by atoms with van der Waals surface area (Å²) < 4.78 is 1.74. The fourth-order valence-corrected chi connectivity index (χ4v) is 3.53. The lowest BCUT2D eigenvalue weighted by Gasteiger charge is -2.18. The first-order valence-corrected chi connectivity index (χ1v) is 9.13. The van der Waals surface area contributed by atoms with Crippen LogP contribution in [0.4, 0.5) is 0 Å². The van der Waals surface area contributed by atoms with Crippen LogP contribution in [0.2, 0.25) is 0 Å². The fraction of sp³-hybridized carbons (Fsp3) is 0.0870.